The van der Waals surface area contributed by atoms with Gasteiger partial charge in [-0.15, -0.1) is 10.2 Å². The third-order valence-electron chi connectivity index (χ3n) is 5.64. The first-order valence-corrected chi connectivity index (χ1v) is 12.1. The Morgan fingerprint density at radius 1 is 0.853 bits per heavy atom. The molecule has 0 spiro atoms. The van der Waals surface area contributed by atoms with Crippen LogP contribution in [0.4, 0.5) is 0 Å². The van der Waals surface area contributed by atoms with Crippen LogP contribution in [0.5, 0.6) is 0 Å². The van der Waals surface area contributed by atoms with Gasteiger partial charge in [-0.05, 0) is 30.0 Å². The topological polar surface area (TPSA) is 73.8 Å². The van der Waals surface area contributed by atoms with Crippen molar-refractivity contribution >= 4 is 22.5 Å². The third kappa shape index (κ3) is 4.94. The van der Waals surface area contributed by atoms with Crippen LogP contribution in [0.3, 0.4) is 0 Å². The van der Waals surface area contributed by atoms with Gasteiger partial charge >= 0.3 is 0 Å². The highest BCUT2D eigenvalue weighted by molar-refractivity contribution is 7.99. The van der Waals surface area contributed by atoms with E-state index in [9.17, 15) is 4.79 Å². The number of fused-ring (bicyclic) bond motifs is 1. The Morgan fingerprint density at radius 3 is 2.24 bits per heavy atom. The Kier molecular flexibility index (Phi) is 6.53. The Hall–Kier alpha value is -3.71. The van der Waals surface area contributed by atoms with E-state index in [2.05, 4.69) is 46.5 Å². The molecule has 0 radical (unpaired) electrons. The minimum Gasteiger partial charge on any atom is -0.409 e. The van der Waals surface area contributed by atoms with Crippen molar-refractivity contribution < 1.29 is 4.42 Å². The van der Waals surface area contributed by atoms with Gasteiger partial charge in [0.15, 0.2) is 5.69 Å². The summed E-state index contributed by atoms with van der Waals surface area (Å²) in [5, 5.41) is 15.2. The fraction of sp³-hybridized carbons (Fsp3) is 0.185. The fourth-order valence-electron chi connectivity index (χ4n) is 3.86. The van der Waals surface area contributed by atoms with Crippen molar-refractivity contribution in [2.24, 2.45) is 0 Å². The van der Waals surface area contributed by atoms with Crippen molar-refractivity contribution in [3.05, 3.63) is 106 Å². The van der Waals surface area contributed by atoms with Gasteiger partial charge in [-0.2, -0.15) is 5.10 Å². The molecule has 34 heavy (non-hydrogen) atoms. The summed E-state index contributed by atoms with van der Waals surface area (Å²) in [5.41, 5.74) is 2.68. The largest absolute Gasteiger partial charge is 0.409 e. The quantitative estimate of drug-likeness (QED) is 0.276. The van der Waals surface area contributed by atoms with Gasteiger partial charge < -0.3 is 4.42 Å². The molecule has 1 unspecified atom stereocenters. The summed E-state index contributed by atoms with van der Waals surface area (Å²) >= 11 is 1.56. The van der Waals surface area contributed by atoms with E-state index < -0.39 is 0 Å². The second-order valence-corrected chi connectivity index (χ2v) is 9.56. The first kappa shape index (κ1) is 22.1. The van der Waals surface area contributed by atoms with Crippen LogP contribution < -0.4 is 5.56 Å². The molecule has 0 bridgehead atoms. The van der Waals surface area contributed by atoms with E-state index in [1.54, 1.807) is 11.8 Å². The van der Waals surface area contributed by atoms with Crippen molar-refractivity contribution in [1.29, 1.82) is 0 Å². The molecule has 0 fully saturated rings. The van der Waals surface area contributed by atoms with Crippen LogP contribution >= 0.6 is 11.8 Å². The molecule has 5 rings (SSSR count). The van der Waals surface area contributed by atoms with Crippen LogP contribution in [0.1, 0.15) is 24.5 Å². The number of rotatable bonds is 8. The van der Waals surface area contributed by atoms with Gasteiger partial charge in [0.05, 0.1) is 11.9 Å². The molecule has 0 aliphatic heterocycles. The van der Waals surface area contributed by atoms with Crippen LogP contribution in [0.2, 0.25) is 0 Å². The number of aromatic nitrogens is 4. The molecular formula is C27H24N4O2S. The van der Waals surface area contributed by atoms with E-state index in [4.69, 9.17) is 4.42 Å². The van der Waals surface area contributed by atoms with E-state index in [0.29, 0.717) is 39.4 Å². The summed E-state index contributed by atoms with van der Waals surface area (Å²) in [7, 11) is 0. The predicted octanol–water partition coefficient (Wildman–Crippen LogP) is 5.61. The molecule has 7 heteroatoms. The zero-order chi connectivity index (χ0) is 23.3. The minimum atomic E-state index is -0.146. The van der Waals surface area contributed by atoms with Crippen molar-refractivity contribution in [2.45, 2.75) is 36.8 Å². The standard InChI is InChI=1S/C27H24N4O2S/c1-19(16-17-20-10-4-2-5-11-20)34-27-29-28-25(33-27)24-22-14-8-9-15-23(22)26(32)31(30-24)18-21-12-6-3-7-13-21/h2-15,19H,16-18H2,1H3. The third-order valence-corrected chi connectivity index (χ3v) is 6.64. The number of hydrogen-bond donors (Lipinski definition) is 0. The van der Waals surface area contributed by atoms with Crippen LogP contribution in [0.15, 0.2) is 99.4 Å². The lowest BCUT2D eigenvalue weighted by molar-refractivity contribution is 0.461. The molecule has 6 nitrogen and oxygen atoms in total. The highest BCUT2D eigenvalue weighted by Crippen LogP contribution is 2.29. The number of thioether (sulfide) groups is 1. The minimum absolute atomic E-state index is 0.146. The van der Waals surface area contributed by atoms with Gasteiger partial charge in [-0.1, -0.05) is 97.5 Å². The van der Waals surface area contributed by atoms with Crippen molar-refractivity contribution in [3.63, 3.8) is 0 Å². The summed E-state index contributed by atoms with van der Waals surface area (Å²) in [4.78, 5) is 13.1. The summed E-state index contributed by atoms with van der Waals surface area (Å²) < 4.78 is 7.47. The highest BCUT2D eigenvalue weighted by Gasteiger charge is 2.19. The summed E-state index contributed by atoms with van der Waals surface area (Å²) in [5.74, 6) is 0.316. The molecule has 0 aliphatic rings. The molecule has 5 aromatic rings. The molecule has 2 heterocycles. The van der Waals surface area contributed by atoms with Gasteiger partial charge in [0.1, 0.15) is 0 Å². The van der Waals surface area contributed by atoms with E-state index in [1.165, 1.54) is 10.2 Å². The second-order valence-electron chi connectivity index (χ2n) is 8.17. The van der Waals surface area contributed by atoms with Crippen LogP contribution in [-0.2, 0) is 13.0 Å². The fourth-order valence-corrected chi connectivity index (χ4v) is 4.65. The molecule has 0 saturated heterocycles. The highest BCUT2D eigenvalue weighted by atomic mass is 32.2. The zero-order valence-corrected chi connectivity index (χ0v) is 19.6. The van der Waals surface area contributed by atoms with E-state index in [0.717, 1.165) is 18.4 Å². The van der Waals surface area contributed by atoms with E-state index in [1.807, 2.05) is 60.7 Å². The van der Waals surface area contributed by atoms with Crippen molar-refractivity contribution in [3.8, 4) is 11.6 Å². The normalized spacial score (nSPS) is 12.1. The molecule has 3 aromatic carbocycles. The molecular weight excluding hydrogens is 444 g/mol. The lowest BCUT2D eigenvalue weighted by Gasteiger charge is -2.09. The van der Waals surface area contributed by atoms with Gasteiger partial charge in [0.25, 0.3) is 16.7 Å². The molecule has 170 valence electrons. The monoisotopic (exact) mass is 468 g/mol. The lowest BCUT2D eigenvalue weighted by Crippen LogP contribution is -2.24. The van der Waals surface area contributed by atoms with E-state index in [-0.39, 0.29) is 5.56 Å². The van der Waals surface area contributed by atoms with Crippen molar-refractivity contribution in [2.75, 3.05) is 0 Å². The van der Waals surface area contributed by atoms with Crippen molar-refractivity contribution in [1.82, 2.24) is 20.0 Å². The Labute approximate surface area is 201 Å². The first-order chi connectivity index (χ1) is 16.7. The molecule has 0 saturated carbocycles. The Balaban J connectivity index is 1.40. The zero-order valence-electron chi connectivity index (χ0n) is 18.8. The molecule has 2 aromatic heterocycles. The first-order valence-electron chi connectivity index (χ1n) is 11.3. The van der Waals surface area contributed by atoms with Gasteiger partial charge in [-0.25, -0.2) is 4.68 Å². The van der Waals surface area contributed by atoms with E-state index >= 15 is 0 Å². The smallest absolute Gasteiger partial charge is 0.277 e. The van der Waals surface area contributed by atoms with Crippen LogP contribution in [0.25, 0.3) is 22.4 Å². The number of aryl methyl sites for hydroxylation is 1. The molecule has 0 amide bonds. The van der Waals surface area contributed by atoms with Gasteiger partial charge in [0.2, 0.25) is 0 Å². The molecule has 0 aliphatic carbocycles. The number of benzene rings is 3. The number of nitrogens with zero attached hydrogens (tertiary/aromatic N) is 4. The SMILES string of the molecule is CC(CCc1ccccc1)Sc1nnc(-c2nn(Cc3ccccc3)c(=O)c3ccccc23)o1. The van der Waals surface area contributed by atoms with Crippen LogP contribution in [0, 0.1) is 0 Å². The van der Waals surface area contributed by atoms with Crippen LogP contribution in [-0.4, -0.2) is 25.2 Å². The molecule has 1 atom stereocenters. The summed E-state index contributed by atoms with van der Waals surface area (Å²) in [6.07, 6.45) is 1.99. The Morgan fingerprint density at radius 2 is 1.50 bits per heavy atom. The lowest BCUT2D eigenvalue weighted by atomic mass is 10.1. The predicted molar refractivity (Wildman–Crippen MR) is 135 cm³/mol. The summed E-state index contributed by atoms with van der Waals surface area (Å²) in [6, 6.07) is 27.6. The second kappa shape index (κ2) is 10.1. The summed E-state index contributed by atoms with van der Waals surface area (Å²) in [6.45, 7) is 2.52. The maximum absolute atomic E-state index is 13.1. The van der Waals surface area contributed by atoms with Gasteiger partial charge in [-0.3, -0.25) is 4.79 Å². The molecule has 0 N–H and O–H groups in total. The Bertz CT molecular complexity index is 1450. The maximum atomic E-state index is 13.1. The average Bonchev–Trinajstić information content (AvgIpc) is 3.34. The maximum Gasteiger partial charge on any atom is 0.277 e. The average molecular weight is 469 g/mol. The van der Waals surface area contributed by atoms with Gasteiger partial charge in [0, 0.05) is 10.6 Å². The number of hydrogen-bond acceptors (Lipinski definition) is 6.